The molecule has 0 aliphatic carbocycles. The summed E-state index contributed by atoms with van der Waals surface area (Å²) in [5, 5.41) is 10.5. The fourth-order valence-electron chi connectivity index (χ4n) is 3.26. The van der Waals surface area contributed by atoms with Gasteiger partial charge in [-0.2, -0.15) is 0 Å². The van der Waals surface area contributed by atoms with Gasteiger partial charge in [-0.25, -0.2) is 0 Å². The molecule has 0 spiro atoms. The van der Waals surface area contributed by atoms with Crippen LogP contribution < -0.4 is 0 Å². The number of hydrogen-bond acceptors (Lipinski definition) is 2. The van der Waals surface area contributed by atoms with Gasteiger partial charge in [0.05, 0.1) is 0 Å². The molecule has 2 nitrogen and oxygen atoms in total. The highest BCUT2D eigenvalue weighted by atomic mass is 16.3. The molecule has 1 atom stereocenters. The molecule has 0 saturated heterocycles. The molecule has 1 N–H and O–H groups in total. The van der Waals surface area contributed by atoms with Crippen LogP contribution in [-0.4, -0.2) is 10.9 Å². The zero-order valence-electron chi connectivity index (χ0n) is 15.3. The molecule has 0 aliphatic rings. The van der Waals surface area contributed by atoms with Crippen LogP contribution in [-0.2, 0) is 0 Å². The number of hydrogen-bond donors (Lipinski definition) is 1. The molecule has 0 radical (unpaired) electrons. The highest BCUT2D eigenvalue weighted by Crippen LogP contribution is 2.25. The lowest BCUT2D eigenvalue weighted by Gasteiger charge is -2.12. The van der Waals surface area contributed by atoms with Crippen molar-refractivity contribution < 1.29 is 9.90 Å². The molecule has 0 unspecified atom stereocenters. The molecule has 0 saturated carbocycles. The van der Waals surface area contributed by atoms with E-state index in [0.29, 0.717) is 11.1 Å². The summed E-state index contributed by atoms with van der Waals surface area (Å²) >= 11 is 0. The maximum Gasteiger partial charge on any atom is 0.195 e. The SMILES string of the molecule is O=C(c1ccc(-c2ccccc2)cc1)[C@H](O)c1ccc(-c2ccccc2)cc1. The molecular formula is C26H20O2. The minimum Gasteiger partial charge on any atom is -0.380 e. The monoisotopic (exact) mass is 364 g/mol. The smallest absolute Gasteiger partial charge is 0.195 e. The first-order chi connectivity index (χ1) is 13.7. The Hall–Kier alpha value is -3.49. The molecule has 4 aromatic carbocycles. The van der Waals surface area contributed by atoms with Gasteiger partial charge in [0.1, 0.15) is 6.10 Å². The van der Waals surface area contributed by atoms with Crippen molar-refractivity contribution in [3.63, 3.8) is 0 Å². The predicted octanol–water partition coefficient (Wildman–Crippen LogP) is 5.94. The second kappa shape index (κ2) is 8.03. The van der Waals surface area contributed by atoms with E-state index in [1.54, 1.807) is 12.1 Å². The number of benzene rings is 4. The second-order valence-corrected chi connectivity index (χ2v) is 6.70. The van der Waals surface area contributed by atoms with Crippen molar-refractivity contribution in [1.82, 2.24) is 0 Å². The maximum absolute atomic E-state index is 12.7. The van der Waals surface area contributed by atoms with Gasteiger partial charge >= 0.3 is 0 Å². The van der Waals surface area contributed by atoms with E-state index in [1.165, 1.54) is 0 Å². The van der Waals surface area contributed by atoms with Crippen LogP contribution in [0.15, 0.2) is 109 Å². The van der Waals surface area contributed by atoms with Crippen molar-refractivity contribution in [3.8, 4) is 22.3 Å². The molecule has 28 heavy (non-hydrogen) atoms. The summed E-state index contributed by atoms with van der Waals surface area (Å²) < 4.78 is 0. The van der Waals surface area contributed by atoms with Gasteiger partial charge in [0, 0.05) is 5.56 Å². The number of ketones is 1. The third kappa shape index (κ3) is 3.78. The summed E-state index contributed by atoms with van der Waals surface area (Å²) in [6.45, 7) is 0. The molecule has 0 fully saturated rings. The summed E-state index contributed by atoms with van der Waals surface area (Å²) in [7, 11) is 0. The van der Waals surface area contributed by atoms with Crippen molar-refractivity contribution in [2.45, 2.75) is 6.10 Å². The summed E-state index contributed by atoms with van der Waals surface area (Å²) in [5.74, 6) is -0.299. The highest BCUT2D eigenvalue weighted by Gasteiger charge is 2.19. The first kappa shape index (κ1) is 17.9. The summed E-state index contributed by atoms with van der Waals surface area (Å²) in [5.41, 5.74) is 5.39. The van der Waals surface area contributed by atoms with Gasteiger partial charge in [-0.3, -0.25) is 4.79 Å². The average molecular weight is 364 g/mol. The van der Waals surface area contributed by atoms with E-state index in [9.17, 15) is 9.90 Å². The minimum atomic E-state index is -1.17. The van der Waals surface area contributed by atoms with Crippen molar-refractivity contribution in [2.24, 2.45) is 0 Å². The molecule has 136 valence electrons. The van der Waals surface area contributed by atoms with E-state index in [1.807, 2.05) is 97.1 Å². The van der Waals surface area contributed by atoms with Gasteiger partial charge in [0.25, 0.3) is 0 Å². The first-order valence-corrected chi connectivity index (χ1v) is 9.25. The zero-order valence-corrected chi connectivity index (χ0v) is 15.3. The Bertz CT molecular complexity index is 1050. The Kier molecular flexibility index (Phi) is 5.14. The van der Waals surface area contributed by atoms with Gasteiger partial charge in [-0.1, -0.05) is 109 Å². The summed E-state index contributed by atoms with van der Waals surface area (Å²) in [6.07, 6.45) is -1.17. The third-order valence-electron chi connectivity index (χ3n) is 4.86. The summed E-state index contributed by atoms with van der Waals surface area (Å²) in [4.78, 5) is 12.7. The Morgan fingerprint density at radius 3 is 1.39 bits per heavy atom. The van der Waals surface area contributed by atoms with Gasteiger partial charge in [0.15, 0.2) is 5.78 Å². The van der Waals surface area contributed by atoms with Crippen LogP contribution in [0, 0.1) is 0 Å². The number of Topliss-reactive ketones (excluding diaryl/α,β-unsaturated/α-hetero) is 1. The van der Waals surface area contributed by atoms with E-state index in [2.05, 4.69) is 0 Å². The predicted molar refractivity (Wildman–Crippen MR) is 113 cm³/mol. The maximum atomic E-state index is 12.7. The lowest BCUT2D eigenvalue weighted by molar-refractivity contribution is 0.0747. The minimum absolute atomic E-state index is 0.299. The number of carbonyl (C=O) groups excluding carboxylic acids is 1. The molecule has 4 rings (SSSR count). The van der Waals surface area contributed by atoms with Gasteiger partial charge in [-0.15, -0.1) is 0 Å². The standard InChI is InChI=1S/C26H20O2/c27-25(23-15-11-21(12-16-23)19-7-3-1-4-8-19)26(28)24-17-13-22(14-18-24)20-9-5-2-6-10-20/h1-18,25,27H/t25-/m1/s1. The molecule has 2 heteroatoms. The third-order valence-corrected chi connectivity index (χ3v) is 4.86. The second-order valence-electron chi connectivity index (χ2n) is 6.70. The zero-order chi connectivity index (χ0) is 19.3. The number of carbonyl (C=O) groups is 1. The topological polar surface area (TPSA) is 37.3 Å². The van der Waals surface area contributed by atoms with Crippen molar-refractivity contribution in [2.75, 3.05) is 0 Å². The number of aliphatic hydroxyl groups excluding tert-OH is 1. The fraction of sp³-hybridized carbons (Fsp3) is 0.0385. The quantitative estimate of drug-likeness (QED) is 0.445. The van der Waals surface area contributed by atoms with Crippen LogP contribution in [0.4, 0.5) is 0 Å². The molecule has 4 aromatic rings. The molecule has 0 bridgehead atoms. The first-order valence-electron chi connectivity index (χ1n) is 9.25. The van der Waals surface area contributed by atoms with E-state index in [-0.39, 0.29) is 5.78 Å². The molecule has 0 aliphatic heterocycles. The Balaban J connectivity index is 1.51. The fourth-order valence-corrected chi connectivity index (χ4v) is 3.26. The van der Waals surface area contributed by atoms with Crippen LogP contribution in [0.2, 0.25) is 0 Å². The van der Waals surface area contributed by atoms with E-state index in [4.69, 9.17) is 0 Å². The molecule has 0 amide bonds. The Morgan fingerprint density at radius 1 is 0.536 bits per heavy atom. The van der Waals surface area contributed by atoms with Crippen LogP contribution >= 0.6 is 0 Å². The Morgan fingerprint density at radius 2 is 0.929 bits per heavy atom. The number of aliphatic hydroxyl groups is 1. The normalized spacial score (nSPS) is 11.8. The van der Waals surface area contributed by atoms with E-state index >= 15 is 0 Å². The van der Waals surface area contributed by atoms with Crippen LogP contribution in [0.1, 0.15) is 22.0 Å². The van der Waals surface area contributed by atoms with Crippen LogP contribution in [0.5, 0.6) is 0 Å². The largest absolute Gasteiger partial charge is 0.380 e. The summed E-state index contributed by atoms with van der Waals surface area (Å²) in [6, 6.07) is 34.8. The van der Waals surface area contributed by atoms with Crippen molar-refractivity contribution in [3.05, 3.63) is 120 Å². The van der Waals surface area contributed by atoms with E-state index < -0.39 is 6.10 Å². The lowest BCUT2D eigenvalue weighted by atomic mass is 9.96. The van der Waals surface area contributed by atoms with Gasteiger partial charge in [0.2, 0.25) is 0 Å². The van der Waals surface area contributed by atoms with Gasteiger partial charge in [-0.05, 0) is 27.8 Å². The number of rotatable bonds is 5. The lowest BCUT2D eigenvalue weighted by Crippen LogP contribution is -2.12. The van der Waals surface area contributed by atoms with Crippen molar-refractivity contribution in [1.29, 1.82) is 0 Å². The van der Waals surface area contributed by atoms with Crippen molar-refractivity contribution >= 4 is 5.78 Å². The molecule has 0 aromatic heterocycles. The van der Waals surface area contributed by atoms with E-state index in [0.717, 1.165) is 22.3 Å². The average Bonchev–Trinajstić information content (AvgIpc) is 2.79. The molecular weight excluding hydrogens is 344 g/mol. The van der Waals surface area contributed by atoms with Crippen LogP contribution in [0.3, 0.4) is 0 Å². The Labute approximate surface area is 164 Å². The highest BCUT2D eigenvalue weighted by molar-refractivity contribution is 6.00. The van der Waals surface area contributed by atoms with Gasteiger partial charge < -0.3 is 5.11 Å². The van der Waals surface area contributed by atoms with Crippen LogP contribution in [0.25, 0.3) is 22.3 Å². The molecule has 0 heterocycles.